The Morgan fingerprint density at radius 3 is 2.61 bits per heavy atom. The van der Waals surface area contributed by atoms with Crippen molar-refractivity contribution in [2.75, 3.05) is 0 Å². The molecule has 3 atom stereocenters. The van der Waals surface area contributed by atoms with Gasteiger partial charge < -0.3 is 4.57 Å². The van der Waals surface area contributed by atoms with Crippen molar-refractivity contribution >= 4 is 0 Å². The molecule has 3 nitrogen and oxygen atoms in total. The Bertz CT molecular complexity index is 943. The van der Waals surface area contributed by atoms with Crippen LogP contribution >= 0.6 is 0 Å². The molecule has 0 spiro atoms. The Kier molecular flexibility index (Phi) is 4.34. The topological polar surface area (TPSA) is 30.7 Å². The van der Waals surface area contributed by atoms with Crippen molar-refractivity contribution in [1.82, 2.24) is 14.5 Å². The second-order valence-electron chi connectivity index (χ2n) is 9.15. The predicted molar refractivity (Wildman–Crippen MR) is 113 cm³/mol. The molecular weight excluding hydrogens is 342 g/mol. The molecule has 0 amide bonds. The Labute approximate surface area is 167 Å². The number of unbranched alkanes of at least 4 members (excludes halogenated alkanes) is 1. The zero-order valence-electron chi connectivity index (χ0n) is 16.9. The van der Waals surface area contributed by atoms with Crippen molar-refractivity contribution in [3.8, 4) is 11.4 Å². The number of nitrogens with zero attached hydrogens (tertiary/aromatic N) is 3. The second-order valence-corrected chi connectivity index (χ2v) is 9.15. The molecule has 3 aliphatic carbocycles. The van der Waals surface area contributed by atoms with Gasteiger partial charge in [-0.1, -0.05) is 26.3 Å². The SMILES string of the molecule is CC1(C)[C@@H]2C[C@H]1c1cnc(-c3ccccn3)cc1C2CCCCn1cccc1. The summed E-state index contributed by atoms with van der Waals surface area (Å²) in [5.74, 6) is 2.13. The zero-order valence-corrected chi connectivity index (χ0v) is 16.9. The molecule has 6 rings (SSSR count). The van der Waals surface area contributed by atoms with Gasteiger partial charge in [0, 0.05) is 31.3 Å². The minimum Gasteiger partial charge on any atom is -0.354 e. The standard InChI is InChI=1S/C25H29N3/c1-25(2)21-16-22(25)20-17-27-24(23-10-3-5-11-26-23)15-19(20)18(21)9-4-6-12-28-13-7-8-14-28/h3,5,7-8,10-11,13-15,17-18,21-22H,4,6,9,12,16H2,1-2H3/t18?,21-,22+/m1/s1. The molecule has 28 heavy (non-hydrogen) atoms. The highest BCUT2D eigenvalue weighted by molar-refractivity contribution is 5.57. The van der Waals surface area contributed by atoms with E-state index in [4.69, 9.17) is 4.98 Å². The molecule has 3 aromatic rings. The van der Waals surface area contributed by atoms with Crippen LogP contribution in [0.15, 0.2) is 61.2 Å². The van der Waals surface area contributed by atoms with Gasteiger partial charge in [0.2, 0.25) is 0 Å². The van der Waals surface area contributed by atoms with E-state index in [9.17, 15) is 0 Å². The van der Waals surface area contributed by atoms with Gasteiger partial charge in [0.05, 0.1) is 11.4 Å². The highest BCUT2D eigenvalue weighted by Gasteiger charge is 2.56. The fourth-order valence-corrected chi connectivity index (χ4v) is 5.67. The first kappa shape index (κ1) is 17.7. The van der Waals surface area contributed by atoms with Crippen LogP contribution < -0.4 is 0 Å². The van der Waals surface area contributed by atoms with Gasteiger partial charge in [-0.2, -0.15) is 0 Å². The van der Waals surface area contributed by atoms with E-state index < -0.39 is 0 Å². The summed E-state index contributed by atoms with van der Waals surface area (Å²) in [7, 11) is 0. The molecule has 144 valence electrons. The molecular formula is C25H29N3. The van der Waals surface area contributed by atoms with Gasteiger partial charge in [-0.05, 0) is 83.9 Å². The fraction of sp³-hybridized carbons (Fsp3) is 0.440. The summed E-state index contributed by atoms with van der Waals surface area (Å²) < 4.78 is 2.29. The summed E-state index contributed by atoms with van der Waals surface area (Å²) in [6, 6.07) is 12.6. The largest absolute Gasteiger partial charge is 0.354 e. The van der Waals surface area contributed by atoms with E-state index >= 15 is 0 Å². The maximum Gasteiger partial charge on any atom is 0.0889 e. The summed E-state index contributed by atoms with van der Waals surface area (Å²) in [6.07, 6.45) is 13.5. The Morgan fingerprint density at radius 2 is 1.86 bits per heavy atom. The molecule has 0 N–H and O–H groups in total. The van der Waals surface area contributed by atoms with E-state index in [2.05, 4.69) is 66.3 Å². The molecule has 3 aromatic heterocycles. The molecule has 3 heteroatoms. The van der Waals surface area contributed by atoms with Crippen LogP contribution in [0.1, 0.15) is 62.5 Å². The maximum absolute atomic E-state index is 4.80. The molecule has 1 saturated carbocycles. The first-order valence-electron chi connectivity index (χ1n) is 10.7. The number of rotatable bonds is 6. The average Bonchev–Trinajstić information content (AvgIpc) is 3.24. The van der Waals surface area contributed by atoms with Gasteiger partial charge in [0.25, 0.3) is 0 Å². The van der Waals surface area contributed by atoms with E-state index in [1.54, 1.807) is 5.56 Å². The zero-order chi connectivity index (χ0) is 19.1. The summed E-state index contributed by atoms with van der Waals surface area (Å²) >= 11 is 0. The van der Waals surface area contributed by atoms with Crippen molar-refractivity contribution in [2.24, 2.45) is 11.3 Å². The Morgan fingerprint density at radius 1 is 1.00 bits per heavy atom. The molecule has 3 heterocycles. The van der Waals surface area contributed by atoms with Crippen molar-refractivity contribution in [2.45, 2.75) is 57.9 Å². The van der Waals surface area contributed by atoms with E-state index in [0.29, 0.717) is 17.3 Å². The summed E-state index contributed by atoms with van der Waals surface area (Å²) in [5.41, 5.74) is 5.47. The van der Waals surface area contributed by atoms with Crippen LogP contribution in [0.5, 0.6) is 0 Å². The van der Waals surface area contributed by atoms with Gasteiger partial charge >= 0.3 is 0 Å². The third-order valence-electron chi connectivity index (χ3n) is 7.35. The summed E-state index contributed by atoms with van der Waals surface area (Å²) in [5, 5.41) is 0. The lowest BCUT2D eigenvalue weighted by molar-refractivity contribution is -0.00867. The van der Waals surface area contributed by atoms with Gasteiger partial charge in [-0.3, -0.25) is 9.97 Å². The smallest absolute Gasteiger partial charge is 0.0889 e. The van der Waals surface area contributed by atoms with Crippen LogP contribution in [0.3, 0.4) is 0 Å². The lowest BCUT2D eigenvalue weighted by atomic mass is 9.44. The average molecular weight is 372 g/mol. The van der Waals surface area contributed by atoms with E-state index in [1.165, 1.54) is 31.2 Å². The van der Waals surface area contributed by atoms with Gasteiger partial charge in [-0.25, -0.2) is 0 Å². The number of pyridine rings is 2. The lowest BCUT2D eigenvalue weighted by Gasteiger charge is -2.60. The van der Waals surface area contributed by atoms with Crippen molar-refractivity contribution in [3.05, 3.63) is 72.3 Å². The van der Waals surface area contributed by atoms with Gasteiger partial charge in [0.1, 0.15) is 0 Å². The van der Waals surface area contributed by atoms with Crippen molar-refractivity contribution in [3.63, 3.8) is 0 Å². The molecule has 1 fully saturated rings. The van der Waals surface area contributed by atoms with E-state index in [0.717, 1.165) is 23.9 Å². The van der Waals surface area contributed by atoms with Gasteiger partial charge in [-0.15, -0.1) is 0 Å². The van der Waals surface area contributed by atoms with E-state index in [1.807, 2.05) is 18.3 Å². The first-order chi connectivity index (χ1) is 13.6. The monoisotopic (exact) mass is 371 g/mol. The van der Waals surface area contributed by atoms with Gasteiger partial charge in [0.15, 0.2) is 0 Å². The second kappa shape index (κ2) is 6.88. The normalized spacial score (nSPS) is 24.4. The molecule has 1 unspecified atom stereocenters. The van der Waals surface area contributed by atoms with Crippen LogP contribution in [0.4, 0.5) is 0 Å². The number of aryl methyl sites for hydroxylation is 1. The highest BCUT2D eigenvalue weighted by Crippen LogP contribution is 2.67. The molecule has 3 aliphatic rings. The molecule has 0 aliphatic heterocycles. The van der Waals surface area contributed by atoms with Crippen LogP contribution in [0.2, 0.25) is 0 Å². The summed E-state index contributed by atoms with van der Waals surface area (Å²) in [6.45, 7) is 6.06. The highest BCUT2D eigenvalue weighted by atomic mass is 14.9. The van der Waals surface area contributed by atoms with Crippen molar-refractivity contribution in [1.29, 1.82) is 0 Å². The number of hydrogen-bond donors (Lipinski definition) is 0. The lowest BCUT2D eigenvalue weighted by Crippen LogP contribution is -2.50. The van der Waals surface area contributed by atoms with E-state index in [-0.39, 0.29) is 0 Å². The molecule has 0 saturated heterocycles. The van der Waals surface area contributed by atoms with Crippen LogP contribution in [-0.2, 0) is 6.54 Å². The quantitative estimate of drug-likeness (QED) is 0.494. The molecule has 0 radical (unpaired) electrons. The Balaban J connectivity index is 1.39. The summed E-state index contributed by atoms with van der Waals surface area (Å²) in [4.78, 5) is 9.32. The number of aromatic nitrogens is 3. The van der Waals surface area contributed by atoms with Crippen molar-refractivity contribution < 1.29 is 0 Å². The fourth-order valence-electron chi connectivity index (χ4n) is 5.67. The van der Waals surface area contributed by atoms with Crippen LogP contribution in [0.25, 0.3) is 11.4 Å². The molecule has 0 aromatic carbocycles. The Hall–Kier alpha value is -2.42. The third-order valence-corrected chi connectivity index (χ3v) is 7.35. The predicted octanol–water partition coefficient (Wildman–Crippen LogP) is 6.04. The molecule has 2 bridgehead atoms. The maximum atomic E-state index is 4.80. The van der Waals surface area contributed by atoms with Crippen LogP contribution in [-0.4, -0.2) is 14.5 Å². The minimum atomic E-state index is 0.409. The first-order valence-corrected chi connectivity index (χ1v) is 10.7. The van der Waals surface area contributed by atoms with Crippen LogP contribution in [0, 0.1) is 11.3 Å². The third kappa shape index (κ3) is 2.88. The minimum absolute atomic E-state index is 0.409. The number of hydrogen-bond acceptors (Lipinski definition) is 2.